The SMILES string of the molecule is CCC(C)C(C)Nc1ccc(S(=O)(=O)CC)cc1. The molecule has 3 nitrogen and oxygen atoms in total. The van der Waals surface area contributed by atoms with Crippen LogP contribution in [0.4, 0.5) is 5.69 Å². The van der Waals surface area contributed by atoms with Crippen LogP contribution in [0.15, 0.2) is 29.2 Å². The Balaban J connectivity index is 2.78. The van der Waals surface area contributed by atoms with Gasteiger partial charge in [-0.05, 0) is 37.1 Å². The zero-order valence-corrected chi connectivity index (χ0v) is 12.4. The van der Waals surface area contributed by atoms with Crippen LogP contribution >= 0.6 is 0 Å². The molecule has 18 heavy (non-hydrogen) atoms. The number of benzene rings is 1. The van der Waals surface area contributed by atoms with E-state index in [0.717, 1.165) is 12.1 Å². The van der Waals surface area contributed by atoms with E-state index >= 15 is 0 Å². The Morgan fingerprint density at radius 3 is 2.11 bits per heavy atom. The van der Waals surface area contributed by atoms with Crippen molar-refractivity contribution in [1.29, 1.82) is 0 Å². The van der Waals surface area contributed by atoms with Crippen LogP contribution in [-0.2, 0) is 9.84 Å². The topological polar surface area (TPSA) is 46.2 Å². The molecule has 0 saturated heterocycles. The summed E-state index contributed by atoms with van der Waals surface area (Å²) < 4.78 is 23.3. The lowest BCUT2D eigenvalue weighted by molar-refractivity contribution is 0.494. The number of nitrogens with one attached hydrogen (secondary N) is 1. The van der Waals surface area contributed by atoms with Crippen LogP contribution in [0.3, 0.4) is 0 Å². The van der Waals surface area contributed by atoms with Gasteiger partial charge in [-0.3, -0.25) is 0 Å². The van der Waals surface area contributed by atoms with Crippen molar-refractivity contribution in [2.24, 2.45) is 5.92 Å². The monoisotopic (exact) mass is 269 g/mol. The quantitative estimate of drug-likeness (QED) is 0.861. The highest BCUT2D eigenvalue weighted by molar-refractivity contribution is 7.91. The molecule has 0 aliphatic carbocycles. The van der Waals surface area contributed by atoms with E-state index in [0.29, 0.717) is 16.9 Å². The molecule has 0 amide bonds. The van der Waals surface area contributed by atoms with Gasteiger partial charge in [-0.25, -0.2) is 8.42 Å². The molecule has 1 aromatic carbocycles. The molecule has 0 aliphatic heterocycles. The van der Waals surface area contributed by atoms with Crippen molar-refractivity contribution in [3.63, 3.8) is 0 Å². The van der Waals surface area contributed by atoms with Gasteiger partial charge in [-0.2, -0.15) is 0 Å². The molecule has 0 bridgehead atoms. The fourth-order valence-corrected chi connectivity index (χ4v) is 2.57. The van der Waals surface area contributed by atoms with Gasteiger partial charge in [0.05, 0.1) is 10.6 Å². The van der Waals surface area contributed by atoms with Crippen LogP contribution in [0.1, 0.15) is 34.1 Å². The smallest absolute Gasteiger partial charge is 0.178 e. The number of sulfone groups is 1. The predicted molar refractivity (Wildman–Crippen MR) is 76.7 cm³/mol. The minimum Gasteiger partial charge on any atom is -0.382 e. The maximum atomic E-state index is 11.7. The molecule has 0 heterocycles. The minimum absolute atomic E-state index is 0.142. The van der Waals surface area contributed by atoms with Gasteiger partial charge in [-0.15, -0.1) is 0 Å². The molecule has 0 saturated carbocycles. The molecule has 1 rings (SSSR count). The van der Waals surface area contributed by atoms with Crippen LogP contribution in [0, 0.1) is 5.92 Å². The van der Waals surface area contributed by atoms with Crippen molar-refractivity contribution in [2.75, 3.05) is 11.1 Å². The predicted octanol–water partition coefficient (Wildman–Crippen LogP) is 3.33. The Bertz CT molecular complexity index is 465. The van der Waals surface area contributed by atoms with Gasteiger partial charge in [0.15, 0.2) is 9.84 Å². The van der Waals surface area contributed by atoms with E-state index in [1.165, 1.54) is 0 Å². The van der Waals surface area contributed by atoms with Gasteiger partial charge in [-0.1, -0.05) is 27.2 Å². The summed E-state index contributed by atoms with van der Waals surface area (Å²) in [5.74, 6) is 0.729. The number of hydrogen-bond acceptors (Lipinski definition) is 3. The molecule has 0 aliphatic rings. The van der Waals surface area contributed by atoms with E-state index in [2.05, 4.69) is 26.1 Å². The van der Waals surface area contributed by atoms with E-state index < -0.39 is 9.84 Å². The summed E-state index contributed by atoms with van der Waals surface area (Å²) >= 11 is 0. The standard InChI is InChI=1S/C14H23NO2S/c1-5-11(3)12(4)15-13-7-9-14(10-8-13)18(16,17)6-2/h7-12,15H,5-6H2,1-4H3. The van der Waals surface area contributed by atoms with E-state index in [4.69, 9.17) is 0 Å². The lowest BCUT2D eigenvalue weighted by Crippen LogP contribution is -2.23. The zero-order chi connectivity index (χ0) is 13.8. The van der Waals surface area contributed by atoms with Gasteiger partial charge in [0, 0.05) is 11.7 Å². The maximum Gasteiger partial charge on any atom is 0.178 e. The third kappa shape index (κ3) is 3.73. The Morgan fingerprint density at radius 2 is 1.67 bits per heavy atom. The highest BCUT2D eigenvalue weighted by atomic mass is 32.2. The van der Waals surface area contributed by atoms with Crippen LogP contribution < -0.4 is 5.32 Å². The molecular formula is C14H23NO2S. The van der Waals surface area contributed by atoms with E-state index in [1.54, 1.807) is 19.1 Å². The third-order valence-electron chi connectivity index (χ3n) is 3.49. The number of hydrogen-bond donors (Lipinski definition) is 1. The van der Waals surface area contributed by atoms with Crippen molar-refractivity contribution < 1.29 is 8.42 Å². The van der Waals surface area contributed by atoms with Gasteiger partial charge < -0.3 is 5.32 Å². The van der Waals surface area contributed by atoms with Crippen molar-refractivity contribution in [2.45, 2.75) is 45.1 Å². The Kier molecular flexibility index (Phi) is 5.20. The number of anilines is 1. The Hall–Kier alpha value is -1.03. The first-order valence-electron chi connectivity index (χ1n) is 6.50. The second-order valence-electron chi connectivity index (χ2n) is 4.75. The van der Waals surface area contributed by atoms with Crippen molar-refractivity contribution in [3.8, 4) is 0 Å². The van der Waals surface area contributed by atoms with E-state index in [9.17, 15) is 8.42 Å². The summed E-state index contributed by atoms with van der Waals surface area (Å²) in [7, 11) is -3.09. The summed E-state index contributed by atoms with van der Waals surface area (Å²) in [4.78, 5) is 0.395. The molecule has 0 spiro atoms. The van der Waals surface area contributed by atoms with Gasteiger partial charge in [0.2, 0.25) is 0 Å². The van der Waals surface area contributed by atoms with E-state index in [-0.39, 0.29) is 5.75 Å². The van der Waals surface area contributed by atoms with Crippen molar-refractivity contribution in [3.05, 3.63) is 24.3 Å². The molecule has 2 atom stereocenters. The van der Waals surface area contributed by atoms with Crippen LogP contribution in [0.5, 0.6) is 0 Å². The Morgan fingerprint density at radius 1 is 1.11 bits per heavy atom. The van der Waals surface area contributed by atoms with Crippen molar-refractivity contribution >= 4 is 15.5 Å². The molecule has 4 heteroatoms. The fourth-order valence-electron chi connectivity index (χ4n) is 1.68. The molecule has 102 valence electrons. The molecule has 0 radical (unpaired) electrons. The third-order valence-corrected chi connectivity index (χ3v) is 5.24. The average Bonchev–Trinajstić information content (AvgIpc) is 2.38. The average molecular weight is 269 g/mol. The Labute approximate surface area is 111 Å². The van der Waals surface area contributed by atoms with Gasteiger partial charge in [0.25, 0.3) is 0 Å². The summed E-state index contributed by atoms with van der Waals surface area (Å²) in [5, 5.41) is 3.39. The molecule has 1 aromatic rings. The summed E-state index contributed by atoms with van der Waals surface area (Å²) in [6.45, 7) is 8.17. The van der Waals surface area contributed by atoms with Crippen molar-refractivity contribution in [1.82, 2.24) is 0 Å². The van der Waals surface area contributed by atoms with Gasteiger partial charge >= 0.3 is 0 Å². The molecule has 1 N–H and O–H groups in total. The first-order valence-corrected chi connectivity index (χ1v) is 8.15. The highest BCUT2D eigenvalue weighted by Crippen LogP contribution is 2.18. The summed E-state index contributed by atoms with van der Waals surface area (Å²) in [6.07, 6.45) is 1.12. The highest BCUT2D eigenvalue weighted by Gasteiger charge is 2.12. The maximum absolute atomic E-state index is 11.7. The molecule has 0 aromatic heterocycles. The largest absolute Gasteiger partial charge is 0.382 e. The van der Waals surface area contributed by atoms with Crippen LogP contribution in [0.25, 0.3) is 0 Å². The number of rotatable bonds is 6. The zero-order valence-electron chi connectivity index (χ0n) is 11.6. The lowest BCUT2D eigenvalue weighted by Gasteiger charge is -2.21. The first-order chi connectivity index (χ1) is 8.40. The second kappa shape index (κ2) is 6.23. The molecule has 2 unspecified atom stereocenters. The van der Waals surface area contributed by atoms with Gasteiger partial charge in [0.1, 0.15) is 0 Å². The van der Waals surface area contributed by atoms with E-state index in [1.807, 2.05) is 12.1 Å². The summed E-state index contributed by atoms with van der Waals surface area (Å²) in [6, 6.07) is 7.39. The fraction of sp³-hybridized carbons (Fsp3) is 0.571. The molecular weight excluding hydrogens is 246 g/mol. The minimum atomic E-state index is -3.09. The van der Waals surface area contributed by atoms with Crippen LogP contribution in [-0.4, -0.2) is 20.2 Å². The lowest BCUT2D eigenvalue weighted by atomic mass is 10.0. The molecule has 0 fully saturated rings. The summed E-state index contributed by atoms with van der Waals surface area (Å²) in [5.41, 5.74) is 0.970. The first kappa shape index (κ1) is 15.0. The van der Waals surface area contributed by atoms with Crippen LogP contribution in [0.2, 0.25) is 0 Å². The normalized spacial score (nSPS) is 15.1. The second-order valence-corrected chi connectivity index (χ2v) is 7.02.